The first kappa shape index (κ1) is 24.1. The summed E-state index contributed by atoms with van der Waals surface area (Å²) in [7, 11) is 0. The lowest BCUT2D eigenvalue weighted by Gasteiger charge is -2.13. The zero-order chi connectivity index (χ0) is 29.9. The number of fused-ring (bicyclic) bond motifs is 13. The molecule has 0 saturated carbocycles. The number of hydrogen-bond acceptors (Lipinski definition) is 2. The van der Waals surface area contributed by atoms with Crippen LogP contribution in [0.15, 0.2) is 146 Å². The number of aromatic nitrogens is 4. The lowest BCUT2D eigenvalue weighted by atomic mass is 10.0. The SMILES string of the molecule is c1ccc(-c2nc(-n3c4ccccc4c4c5c6ccccc6n6c7ccccc7c(cc43)c56)nc3ccc4ccccc4c23)cc1. The molecule has 212 valence electrons. The molecule has 4 aromatic heterocycles. The molecule has 0 N–H and O–H groups in total. The van der Waals surface area contributed by atoms with Crippen molar-refractivity contribution in [1.29, 1.82) is 0 Å². The molecule has 4 heteroatoms. The van der Waals surface area contributed by atoms with Gasteiger partial charge in [0.15, 0.2) is 0 Å². The summed E-state index contributed by atoms with van der Waals surface area (Å²) in [5.74, 6) is 0.675. The second kappa shape index (κ2) is 8.68. The van der Waals surface area contributed by atoms with Crippen molar-refractivity contribution < 1.29 is 0 Å². The molecule has 0 unspecified atom stereocenters. The first-order valence-corrected chi connectivity index (χ1v) is 15.7. The van der Waals surface area contributed by atoms with Gasteiger partial charge < -0.3 is 4.40 Å². The van der Waals surface area contributed by atoms with Crippen LogP contribution in [0, 0.1) is 0 Å². The van der Waals surface area contributed by atoms with E-state index in [1.54, 1.807) is 0 Å². The van der Waals surface area contributed by atoms with Gasteiger partial charge in [-0.1, -0.05) is 115 Å². The highest BCUT2D eigenvalue weighted by atomic mass is 15.2. The highest BCUT2D eigenvalue weighted by Gasteiger charge is 2.25. The largest absolute Gasteiger partial charge is 0.308 e. The third kappa shape index (κ3) is 2.98. The van der Waals surface area contributed by atoms with E-state index in [1.807, 2.05) is 0 Å². The fraction of sp³-hybridized carbons (Fsp3) is 0. The van der Waals surface area contributed by atoms with Gasteiger partial charge in [-0.2, -0.15) is 0 Å². The van der Waals surface area contributed by atoms with Gasteiger partial charge in [-0.25, -0.2) is 9.97 Å². The summed E-state index contributed by atoms with van der Waals surface area (Å²) in [5.41, 5.74) is 8.89. The van der Waals surface area contributed by atoms with Gasteiger partial charge in [0, 0.05) is 43.3 Å². The number of benzene rings is 7. The molecule has 11 aromatic rings. The van der Waals surface area contributed by atoms with E-state index in [4.69, 9.17) is 9.97 Å². The van der Waals surface area contributed by atoms with Crippen molar-refractivity contribution in [3.8, 4) is 17.2 Å². The number of nitrogens with zero attached hydrogens (tertiary/aromatic N) is 4. The van der Waals surface area contributed by atoms with Gasteiger partial charge >= 0.3 is 0 Å². The Balaban J connectivity index is 1.37. The van der Waals surface area contributed by atoms with Gasteiger partial charge in [0.2, 0.25) is 5.95 Å². The van der Waals surface area contributed by atoms with Gasteiger partial charge in [-0.3, -0.25) is 4.57 Å². The van der Waals surface area contributed by atoms with Crippen molar-refractivity contribution in [2.75, 3.05) is 0 Å². The average Bonchev–Trinajstić information content (AvgIpc) is 3.76. The summed E-state index contributed by atoms with van der Waals surface area (Å²) in [6.07, 6.45) is 0. The Kier molecular flexibility index (Phi) is 4.55. The van der Waals surface area contributed by atoms with Gasteiger partial charge in [-0.05, 0) is 41.1 Å². The monoisotopic (exact) mass is 584 g/mol. The minimum atomic E-state index is 0.675. The number of hydrogen-bond donors (Lipinski definition) is 0. The van der Waals surface area contributed by atoms with E-state index in [2.05, 4.69) is 155 Å². The predicted molar refractivity (Wildman–Crippen MR) is 191 cm³/mol. The van der Waals surface area contributed by atoms with Gasteiger partial charge in [0.05, 0.1) is 38.8 Å². The highest BCUT2D eigenvalue weighted by Crippen LogP contribution is 2.46. The lowest BCUT2D eigenvalue weighted by Crippen LogP contribution is -2.03. The molecule has 0 bridgehead atoms. The maximum absolute atomic E-state index is 5.45. The average molecular weight is 585 g/mol. The number of para-hydroxylation sites is 3. The molecule has 0 aliphatic rings. The van der Waals surface area contributed by atoms with Gasteiger partial charge in [0.25, 0.3) is 0 Å². The highest BCUT2D eigenvalue weighted by molar-refractivity contribution is 6.35. The number of rotatable bonds is 2. The molecule has 4 heterocycles. The molecule has 0 amide bonds. The second-order valence-corrected chi connectivity index (χ2v) is 12.2. The van der Waals surface area contributed by atoms with Crippen LogP contribution in [-0.2, 0) is 0 Å². The molecule has 4 nitrogen and oxygen atoms in total. The van der Waals surface area contributed by atoms with E-state index in [9.17, 15) is 0 Å². The summed E-state index contributed by atoms with van der Waals surface area (Å²) in [4.78, 5) is 10.8. The normalized spacial score (nSPS) is 12.3. The topological polar surface area (TPSA) is 35.1 Å². The lowest BCUT2D eigenvalue weighted by molar-refractivity contribution is 1.02. The van der Waals surface area contributed by atoms with Crippen molar-refractivity contribution in [3.05, 3.63) is 146 Å². The first-order valence-electron chi connectivity index (χ1n) is 15.7. The Morgan fingerprint density at radius 3 is 1.85 bits per heavy atom. The third-order valence-corrected chi connectivity index (χ3v) is 9.83. The standard InChI is InChI=1S/C42H24N4/c1-2-13-26(14-3-1)40-37-27-15-5-4-12-25(27)22-23-32(37)43-42(44-40)46-35-21-11-7-17-29(35)38-36(46)24-31-28-16-6-9-19-33(28)45-34-20-10-8-18-30(34)39(38)41(31)45/h1-24H. The molecule has 46 heavy (non-hydrogen) atoms. The van der Waals surface area contributed by atoms with E-state index in [1.165, 1.54) is 54.3 Å². The van der Waals surface area contributed by atoms with Crippen LogP contribution in [0.2, 0.25) is 0 Å². The van der Waals surface area contributed by atoms with Crippen LogP contribution in [0.1, 0.15) is 0 Å². The van der Waals surface area contributed by atoms with Crippen molar-refractivity contribution in [3.63, 3.8) is 0 Å². The minimum Gasteiger partial charge on any atom is -0.308 e. The second-order valence-electron chi connectivity index (χ2n) is 12.2. The molecule has 0 aliphatic carbocycles. The molecule has 0 radical (unpaired) electrons. The van der Waals surface area contributed by atoms with E-state index < -0.39 is 0 Å². The Labute approximate surface area is 262 Å². The van der Waals surface area contributed by atoms with E-state index in [0.717, 1.165) is 38.6 Å². The minimum absolute atomic E-state index is 0.675. The fourth-order valence-electron chi connectivity index (χ4n) is 7.98. The zero-order valence-electron chi connectivity index (χ0n) is 24.6. The Bertz CT molecular complexity index is 3020. The van der Waals surface area contributed by atoms with E-state index in [0.29, 0.717) is 5.95 Å². The van der Waals surface area contributed by atoms with Gasteiger partial charge in [-0.15, -0.1) is 0 Å². The van der Waals surface area contributed by atoms with Crippen LogP contribution in [0.3, 0.4) is 0 Å². The predicted octanol–water partition coefficient (Wildman–Crippen LogP) is 10.7. The van der Waals surface area contributed by atoms with E-state index >= 15 is 0 Å². The summed E-state index contributed by atoms with van der Waals surface area (Å²) in [6, 6.07) is 52.0. The zero-order valence-corrected chi connectivity index (χ0v) is 24.6. The van der Waals surface area contributed by atoms with Crippen molar-refractivity contribution in [2.45, 2.75) is 0 Å². The summed E-state index contributed by atoms with van der Waals surface area (Å²) < 4.78 is 4.74. The molecule has 0 atom stereocenters. The smallest absolute Gasteiger partial charge is 0.235 e. The van der Waals surface area contributed by atoms with Crippen LogP contribution in [0.4, 0.5) is 0 Å². The molecule has 0 fully saturated rings. The van der Waals surface area contributed by atoms with Crippen LogP contribution in [0.25, 0.3) is 98.8 Å². The summed E-state index contributed by atoms with van der Waals surface area (Å²) in [5, 5.41) is 10.9. The molecule has 0 spiro atoms. The Morgan fingerprint density at radius 1 is 0.413 bits per heavy atom. The van der Waals surface area contributed by atoms with Crippen molar-refractivity contribution >= 4 is 81.6 Å². The maximum atomic E-state index is 5.45. The Morgan fingerprint density at radius 2 is 1.04 bits per heavy atom. The molecular weight excluding hydrogens is 560 g/mol. The molecule has 0 saturated heterocycles. The van der Waals surface area contributed by atoms with Crippen LogP contribution in [0.5, 0.6) is 0 Å². The summed E-state index contributed by atoms with van der Waals surface area (Å²) >= 11 is 0. The quantitative estimate of drug-likeness (QED) is 0.190. The van der Waals surface area contributed by atoms with Gasteiger partial charge in [0.1, 0.15) is 0 Å². The molecule has 7 aromatic carbocycles. The first-order chi connectivity index (χ1) is 22.8. The Hall–Kier alpha value is -6.26. The van der Waals surface area contributed by atoms with Crippen LogP contribution in [-0.4, -0.2) is 18.9 Å². The summed E-state index contributed by atoms with van der Waals surface area (Å²) in [6.45, 7) is 0. The van der Waals surface area contributed by atoms with Crippen molar-refractivity contribution in [2.24, 2.45) is 0 Å². The van der Waals surface area contributed by atoms with Crippen molar-refractivity contribution in [1.82, 2.24) is 18.9 Å². The van der Waals surface area contributed by atoms with E-state index in [-0.39, 0.29) is 0 Å². The molecule has 11 rings (SSSR count). The molecule has 0 aliphatic heterocycles. The fourth-order valence-corrected chi connectivity index (χ4v) is 7.98. The maximum Gasteiger partial charge on any atom is 0.235 e. The van der Waals surface area contributed by atoms with Crippen LogP contribution >= 0.6 is 0 Å². The third-order valence-electron chi connectivity index (χ3n) is 9.83. The molecular formula is C42H24N4. The van der Waals surface area contributed by atoms with Crippen LogP contribution < -0.4 is 0 Å².